The number of rotatable bonds is 3. The van der Waals surface area contributed by atoms with Crippen molar-refractivity contribution >= 4 is 16.8 Å². The molecule has 3 nitrogen and oxygen atoms in total. The molecule has 1 aliphatic heterocycles. The van der Waals surface area contributed by atoms with E-state index in [0.717, 1.165) is 19.6 Å². The van der Waals surface area contributed by atoms with Crippen LogP contribution in [0.5, 0.6) is 0 Å². The Hall–Kier alpha value is -2.55. The van der Waals surface area contributed by atoms with Crippen LogP contribution in [0.25, 0.3) is 10.9 Å². The van der Waals surface area contributed by atoms with Crippen LogP contribution >= 0.6 is 0 Å². The molecule has 0 N–H and O–H groups in total. The molecule has 1 aromatic heterocycles. The van der Waals surface area contributed by atoms with E-state index in [1.165, 1.54) is 27.6 Å². The van der Waals surface area contributed by atoms with E-state index in [1.807, 2.05) is 17.0 Å². The lowest BCUT2D eigenvalue weighted by molar-refractivity contribution is -0.132. The van der Waals surface area contributed by atoms with Crippen molar-refractivity contribution < 1.29 is 4.79 Å². The Kier molecular flexibility index (Phi) is 3.41. The van der Waals surface area contributed by atoms with Crippen molar-refractivity contribution in [3.63, 3.8) is 0 Å². The van der Waals surface area contributed by atoms with Gasteiger partial charge in [0, 0.05) is 43.2 Å². The number of nitrogens with zero attached hydrogens (tertiary/aromatic N) is 2. The summed E-state index contributed by atoms with van der Waals surface area (Å²) in [4.78, 5) is 14.5. The number of para-hydroxylation sites is 1. The smallest absolute Gasteiger partial charge is 0.224 e. The van der Waals surface area contributed by atoms with Gasteiger partial charge in [-0.1, -0.05) is 42.5 Å². The maximum Gasteiger partial charge on any atom is 0.224 e. The van der Waals surface area contributed by atoms with Crippen LogP contribution in [0, 0.1) is 6.92 Å². The molecule has 0 saturated carbocycles. The molecule has 0 radical (unpaired) electrons. The van der Waals surface area contributed by atoms with Crippen molar-refractivity contribution in [1.29, 1.82) is 0 Å². The van der Waals surface area contributed by atoms with Crippen molar-refractivity contribution in [2.45, 2.75) is 33.0 Å². The Morgan fingerprint density at radius 3 is 2.39 bits per heavy atom. The predicted octanol–water partition coefficient (Wildman–Crippen LogP) is 3.88. The third-order valence-corrected chi connectivity index (χ3v) is 4.75. The van der Waals surface area contributed by atoms with Gasteiger partial charge in [0.2, 0.25) is 5.91 Å². The number of fused-ring (bicyclic) bond motifs is 2. The largest absolute Gasteiger partial charge is 0.347 e. The second-order valence-corrected chi connectivity index (χ2v) is 6.29. The summed E-state index contributed by atoms with van der Waals surface area (Å²) in [5, 5.41) is 1.27. The minimum absolute atomic E-state index is 0.233. The van der Waals surface area contributed by atoms with Gasteiger partial charge in [0.05, 0.1) is 0 Å². The Labute approximate surface area is 136 Å². The molecule has 0 aliphatic carbocycles. The Morgan fingerprint density at radius 2 is 1.65 bits per heavy atom. The van der Waals surface area contributed by atoms with Crippen LogP contribution in [-0.4, -0.2) is 15.4 Å². The summed E-state index contributed by atoms with van der Waals surface area (Å²) >= 11 is 0. The molecular weight excluding hydrogens is 284 g/mol. The summed E-state index contributed by atoms with van der Waals surface area (Å²) in [5.41, 5.74) is 5.04. The summed E-state index contributed by atoms with van der Waals surface area (Å²) < 4.78 is 2.20. The fourth-order valence-corrected chi connectivity index (χ4v) is 3.50. The van der Waals surface area contributed by atoms with Crippen molar-refractivity contribution in [2.75, 3.05) is 0 Å². The van der Waals surface area contributed by atoms with Crippen LogP contribution in [0.1, 0.15) is 23.1 Å². The third kappa shape index (κ3) is 2.52. The number of carbonyl (C=O) groups is 1. The van der Waals surface area contributed by atoms with Crippen LogP contribution in [0.4, 0.5) is 0 Å². The van der Waals surface area contributed by atoms with Crippen molar-refractivity contribution in [3.8, 4) is 0 Å². The molecule has 23 heavy (non-hydrogen) atoms. The fraction of sp³-hybridized carbons (Fsp3) is 0.250. The lowest BCUT2D eigenvalue weighted by Gasteiger charge is -2.15. The highest BCUT2D eigenvalue weighted by atomic mass is 16.2. The van der Waals surface area contributed by atoms with Crippen LogP contribution in [0.15, 0.2) is 54.7 Å². The maximum absolute atomic E-state index is 12.5. The number of benzene rings is 2. The molecule has 1 amide bonds. The predicted molar refractivity (Wildman–Crippen MR) is 92.0 cm³/mol. The first-order valence-electron chi connectivity index (χ1n) is 8.11. The molecule has 3 aromatic rings. The highest BCUT2D eigenvalue weighted by Crippen LogP contribution is 2.24. The highest BCUT2D eigenvalue weighted by Gasteiger charge is 2.22. The van der Waals surface area contributed by atoms with E-state index >= 15 is 0 Å². The van der Waals surface area contributed by atoms with Crippen LogP contribution in [0.3, 0.4) is 0 Å². The van der Waals surface area contributed by atoms with E-state index < -0.39 is 0 Å². The zero-order valence-electron chi connectivity index (χ0n) is 13.3. The summed E-state index contributed by atoms with van der Waals surface area (Å²) in [7, 11) is 0. The molecule has 0 unspecified atom stereocenters. The van der Waals surface area contributed by atoms with Crippen LogP contribution in [-0.2, 0) is 24.4 Å². The number of aryl methyl sites for hydroxylation is 2. The Balaban J connectivity index is 1.46. The highest BCUT2D eigenvalue weighted by molar-refractivity contribution is 5.84. The van der Waals surface area contributed by atoms with Gasteiger partial charge in [-0.15, -0.1) is 0 Å². The lowest BCUT2D eigenvalue weighted by atomic mass is 10.1. The van der Waals surface area contributed by atoms with Crippen molar-refractivity contribution in [1.82, 2.24) is 9.47 Å². The normalized spacial score (nSPS) is 13.5. The van der Waals surface area contributed by atoms with E-state index in [2.05, 4.69) is 54.1 Å². The topological polar surface area (TPSA) is 25.2 Å². The molecule has 2 heterocycles. The molecule has 4 rings (SSSR count). The molecule has 0 saturated heterocycles. The average molecular weight is 304 g/mol. The second kappa shape index (κ2) is 5.58. The summed E-state index contributed by atoms with van der Waals surface area (Å²) in [6.45, 7) is 4.36. The van der Waals surface area contributed by atoms with E-state index in [-0.39, 0.29) is 5.91 Å². The summed E-state index contributed by atoms with van der Waals surface area (Å²) in [6, 6.07) is 16.7. The molecule has 0 bridgehead atoms. The zero-order chi connectivity index (χ0) is 15.8. The quantitative estimate of drug-likeness (QED) is 0.721. The van der Waals surface area contributed by atoms with Gasteiger partial charge in [0.1, 0.15) is 0 Å². The second-order valence-electron chi connectivity index (χ2n) is 6.29. The van der Waals surface area contributed by atoms with Crippen molar-refractivity contribution in [2.24, 2.45) is 0 Å². The fourth-order valence-electron chi connectivity index (χ4n) is 3.50. The monoisotopic (exact) mass is 304 g/mol. The molecule has 1 aliphatic rings. The number of amides is 1. The zero-order valence-corrected chi connectivity index (χ0v) is 13.3. The van der Waals surface area contributed by atoms with E-state index in [9.17, 15) is 4.79 Å². The first kappa shape index (κ1) is 14.1. The molecule has 0 spiro atoms. The third-order valence-electron chi connectivity index (χ3n) is 4.75. The minimum Gasteiger partial charge on any atom is -0.347 e. The molecule has 3 heteroatoms. The standard InChI is InChI=1S/C20H20N2O/c1-15-12-21(19-9-5-4-8-18(15)19)11-10-20(23)22-13-16-6-2-3-7-17(16)14-22/h2-9,12H,10-11,13-14H2,1H3. The van der Waals surface area contributed by atoms with Crippen molar-refractivity contribution in [3.05, 3.63) is 71.4 Å². The van der Waals surface area contributed by atoms with Gasteiger partial charge >= 0.3 is 0 Å². The number of hydrogen-bond acceptors (Lipinski definition) is 1. The number of carbonyl (C=O) groups excluding carboxylic acids is 1. The first-order valence-corrected chi connectivity index (χ1v) is 8.11. The van der Waals surface area contributed by atoms with E-state index in [0.29, 0.717) is 6.42 Å². The molecule has 0 fully saturated rings. The molecule has 0 atom stereocenters. The number of aromatic nitrogens is 1. The van der Waals surface area contributed by atoms with Gasteiger partial charge in [0.25, 0.3) is 0 Å². The Morgan fingerprint density at radius 1 is 1.00 bits per heavy atom. The maximum atomic E-state index is 12.5. The van der Waals surface area contributed by atoms with Crippen LogP contribution in [0.2, 0.25) is 0 Å². The van der Waals surface area contributed by atoms with Gasteiger partial charge < -0.3 is 9.47 Å². The van der Waals surface area contributed by atoms with Gasteiger partial charge in [-0.2, -0.15) is 0 Å². The summed E-state index contributed by atoms with van der Waals surface area (Å²) in [5.74, 6) is 0.233. The van der Waals surface area contributed by atoms with Crippen LogP contribution < -0.4 is 0 Å². The Bertz CT molecular complexity index is 853. The van der Waals surface area contributed by atoms with Gasteiger partial charge in [-0.25, -0.2) is 0 Å². The van der Waals surface area contributed by atoms with E-state index in [1.54, 1.807) is 0 Å². The lowest BCUT2D eigenvalue weighted by Crippen LogP contribution is -2.26. The SMILES string of the molecule is Cc1cn(CCC(=O)N2Cc3ccccc3C2)c2ccccc12. The molecule has 2 aromatic carbocycles. The average Bonchev–Trinajstić information content (AvgIpc) is 3.15. The summed E-state index contributed by atoms with van der Waals surface area (Å²) in [6.07, 6.45) is 2.70. The van der Waals surface area contributed by atoms with Gasteiger partial charge in [0.15, 0.2) is 0 Å². The first-order chi connectivity index (χ1) is 11.2. The molecular formula is C20H20N2O. The number of hydrogen-bond donors (Lipinski definition) is 0. The molecule has 116 valence electrons. The van der Waals surface area contributed by atoms with Gasteiger partial charge in [-0.3, -0.25) is 4.79 Å². The minimum atomic E-state index is 0.233. The van der Waals surface area contributed by atoms with E-state index in [4.69, 9.17) is 0 Å². The van der Waals surface area contributed by atoms with Gasteiger partial charge in [-0.05, 0) is 29.7 Å².